The number of ether oxygens (including phenoxy) is 1. The first-order chi connectivity index (χ1) is 10.3. The second-order valence-electron chi connectivity index (χ2n) is 4.37. The first-order valence-corrected chi connectivity index (χ1v) is 7.64. The van der Waals surface area contributed by atoms with Crippen molar-refractivity contribution in [1.29, 1.82) is 0 Å². The zero-order chi connectivity index (χ0) is 14.7. The molecule has 0 saturated carbocycles. The van der Waals surface area contributed by atoms with Crippen molar-refractivity contribution in [2.75, 3.05) is 18.7 Å². The van der Waals surface area contributed by atoms with E-state index in [1.165, 1.54) is 6.33 Å². The molecule has 1 aromatic carbocycles. The Morgan fingerprint density at radius 3 is 3.05 bits per heavy atom. The molecule has 0 unspecified atom stereocenters. The number of anilines is 1. The highest BCUT2D eigenvalue weighted by Gasteiger charge is 2.08. The van der Waals surface area contributed by atoms with Crippen LogP contribution in [0.1, 0.15) is 5.56 Å². The normalized spacial score (nSPS) is 10.8. The van der Waals surface area contributed by atoms with Gasteiger partial charge in [0.25, 0.3) is 0 Å². The first-order valence-electron chi connectivity index (χ1n) is 6.41. The van der Waals surface area contributed by atoms with Gasteiger partial charge in [0.1, 0.15) is 17.6 Å². The minimum absolute atomic E-state index is 0.650. The zero-order valence-electron chi connectivity index (χ0n) is 11.8. The molecule has 6 nitrogen and oxygen atoms in total. The number of aromatic nitrogens is 4. The number of nitrogens with zero attached hydrogens (tertiary/aromatic N) is 3. The standard InChI is InChI=1S/C14H15N5OS/c1-20-10-5-3-4-9(6-10)7-15-12-11-13(17-8-16-12)19-14(18-11)21-2/h3-6,8H,7H2,1-2H3,(H2,15,16,17,18,19). The molecular formula is C14H15N5OS. The number of nitrogens with one attached hydrogen (secondary N) is 2. The molecule has 0 aliphatic carbocycles. The lowest BCUT2D eigenvalue weighted by Crippen LogP contribution is -2.02. The van der Waals surface area contributed by atoms with E-state index < -0.39 is 0 Å². The van der Waals surface area contributed by atoms with E-state index in [0.29, 0.717) is 12.2 Å². The van der Waals surface area contributed by atoms with E-state index in [9.17, 15) is 0 Å². The molecule has 0 bridgehead atoms. The van der Waals surface area contributed by atoms with Crippen molar-refractivity contribution in [2.45, 2.75) is 11.7 Å². The molecule has 0 fully saturated rings. The number of rotatable bonds is 5. The summed E-state index contributed by atoms with van der Waals surface area (Å²) in [6.45, 7) is 0.650. The third kappa shape index (κ3) is 2.92. The quantitative estimate of drug-likeness (QED) is 0.706. The molecule has 2 N–H and O–H groups in total. The molecule has 0 radical (unpaired) electrons. The lowest BCUT2D eigenvalue weighted by Gasteiger charge is -2.07. The maximum absolute atomic E-state index is 5.22. The monoisotopic (exact) mass is 301 g/mol. The number of hydrogen-bond donors (Lipinski definition) is 2. The van der Waals surface area contributed by atoms with Crippen molar-refractivity contribution in [3.05, 3.63) is 36.2 Å². The van der Waals surface area contributed by atoms with Gasteiger partial charge in [-0.25, -0.2) is 15.0 Å². The van der Waals surface area contributed by atoms with Crippen molar-refractivity contribution in [3.8, 4) is 5.75 Å². The Labute approximate surface area is 126 Å². The minimum atomic E-state index is 0.650. The van der Waals surface area contributed by atoms with Crippen molar-refractivity contribution < 1.29 is 4.74 Å². The molecule has 2 aromatic heterocycles. The molecule has 21 heavy (non-hydrogen) atoms. The van der Waals surface area contributed by atoms with Crippen molar-refractivity contribution in [3.63, 3.8) is 0 Å². The molecule has 108 valence electrons. The Balaban J connectivity index is 1.82. The number of benzene rings is 1. The maximum atomic E-state index is 5.22. The molecule has 7 heteroatoms. The van der Waals surface area contributed by atoms with Crippen LogP contribution < -0.4 is 10.1 Å². The number of imidazole rings is 1. The van der Waals surface area contributed by atoms with Crippen molar-refractivity contribution in [1.82, 2.24) is 19.9 Å². The molecular weight excluding hydrogens is 286 g/mol. The summed E-state index contributed by atoms with van der Waals surface area (Å²) in [4.78, 5) is 16.0. The maximum Gasteiger partial charge on any atom is 0.183 e. The highest BCUT2D eigenvalue weighted by molar-refractivity contribution is 7.98. The van der Waals surface area contributed by atoms with Gasteiger partial charge in [-0.3, -0.25) is 0 Å². The van der Waals surface area contributed by atoms with Gasteiger partial charge in [0.15, 0.2) is 16.6 Å². The van der Waals surface area contributed by atoms with Crippen LogP contribution in [0.4, 0.5) is 5.82 Å². The summed E-state index contributed by atoms with van der Waals surface area (Å²) in [5.74, 6) is 1.59. The summed E-state index contributed by atoms with van der Waals surface area (Å²) >= 11 is 1.54. The second-order valence-corrected chi connectivity index (χ2v) is 5.17. The summed E-state index contributed by atoms with van der Waals surface area (Å²) in [6, 6.07) is 7.92. The highest BCUT2D eigenvalue weighted by atomic mass is 32.2. The van der Waals surface area contributed by atoms with Crippen LogP contribution in [0.2, 0.25) is 0 Å². The van der Waals surface area contributed by atoms with E-state index in [2.05, 4.69) is 25.3 Å². The van der Waals surface area contributed by atoms with Crippen LogP contribution >= 0.6 is 11.8 Å². The smallest absolute Gasteiger partial charge is 0.183 e. The van der Waals surface area contributed by atoms with Crippen LogP contribution in [0, 0.1) is 0 Å². The zero-order valence-corrected chi connectivity index (χ0v) is 12.6. The predicted molar refractivity (Wildman–Crippen MR) is 83.8 cm³/mol. The number of methoxy groups -OCH3 is 1. The SMILES string of the molecule is COc1cccc(CNc2ncnc3nc(SC)[nH]c23)c1. The Morgan fingerprint density at radius 1 is 1.33 bits per heavy atom. The number of H-pyrrole nitrogens is 1. The third-order valence-electron chi connectivity index (χ3n) is 3.05. The summed E-state index contributed by atoms with van der Waals surface area (Å²) in [7, 11) is 1.66. The van der Waals surface area contributed by atoms with E-state index in [1.54, 1.807) is 18.9 Å². The molecule has 2 heterocycles. The Morgan fingerprint density at radius 2 is 2.24 bits per heavy atom. The molecule has 3 rings (SSSR count). The summed E-state index contributed by atoms with van der Waals surface area (Å²) in [5, 5.41) is 4.13. The van der Waals surface area contributed by atoms with Gasteiger partial charge >= 0.3 is 0 Å². The number of hydrogen-bond acceptors (Lipinski definition) is 6. The predicted octanol–water partition coefficient (Wildman–Crippen LogP) is 2.70. The summed E-state index contributed by atoms with van der Waals surface area (Å²) in [6.07, 6.45) is 3.48. The van der Waals surface area contributed by atoms with Gasteiger partial charge in [-0.2, -0.15) is 0 Å². The molecule has 0 saturated heterocycles. The molecule has 3 aromatic rings. The van der Waals surface area contributed by atoms with Crippen LogP contribution in [0.3, 0.4) is 0 Å². The van der Waals surface area contributed by atoms with E-state index in [0.717, 1.165) is 27.8 Å². The van der Waals surface area contributed by atoms with E-state index in [-0.39, 0.29) is 0 Å². The Bertz CT molecular complexity index is 758. The number of thioether (sulfide) groups is 1. The van der Waals surface area contributed by atoms with Gasteiger partial charge in [0.2, 0.25) is 0 Å². The fourth-order valence-electron chi connectivity index (χ4n) is 2.01. The van der Waals surface area contributed by atoms with Crippen LogP contribution in [-0.4, -0.2) is 33.3 Å². The van der Waals surface area contributed by atoms with E-state index >= 15 is 0 Å². The Hall–Kier alpha value is -2.28. The molecule has 0 atom stereocenters. The fraction of sp³-hybridized carbons (Fsp3) is 0.214. The van der Waals surface area contributed by atoms with Gasteiger partial charge in [0.05, 0.1) is 7.11 Å². The van der Waals surface area contributed by atoms with Gasteiger partial charge in [-0.1, -0.05) is 23.9 Å². The molecule has 0 aliphatic rings. The summed E-state index contributed by atoms with van der Waals surface area (Å²) < 4.78 is 5.22. The first kappa shape index (κ1) is 13.7. The second kappa shape index (κ2) is 6.01. The molecule has 0 aliphatic heterocycles. The van der Waals surface area contributed by atoms with Gasteiger partial charge in [-0.15, -0.1) is 0 Å². The highest BCUT2D eigenvalue weighted by Crippen LogP contribution is 2.21. The van der Waals surface area contributed by atoms with Gasteiger partial charge < -0.3 is 15.0 Å². The van der Waals surface area contributed by atoms with Crippen LogP contribution in [0.5, 0.6) is 5.75 Å². The van der Waals surface area contributed by atoms with Gasteiger partial charge in [-0.05, 0) is 24.0 Å². The van der Waals surface area contributed by atoms with Crippen LogP contribution in [0.15, 0.2) is 35.7 Å². The topological polar surface area (TPSA) is 75.7 Å². The van der Waals surface area contributed by atoms with Gasteiger partial charge in [0, 0.05) is 6.54 Å². The number of aromatic amines is 1. The van der Waals surface area contributed by atoms with E-state index in [1.807, 2.05) is 30.5 Å². The third-order valence-corrected chi connectivity index (χ3v) is 3.63. The van der Waals surface area contributed by atoms with Crippen LogP contribution in [0.25, 0.3) is 11.2 Å². The lowest BCUT2D eigenvalue weighted by atomic mass is 10.2. The average Bonchev–Trinajstić information content (AvgIpc) is 2.97. The van der Waals surface area contributed by atoms with E-state index in [4.69, 9.17) is 4.74 Å². The Kier molecular flexibility index (Phi) is 3.92. The fourth-order valence-corrected chi connectivity index (χ4v) is 2.39. The lowest BCUT2D eigenvalue weighted by molar-refractivity contribution is 0.414. The van der Waals surface area contributed by atoms with Crippen LogP contribution in [-0.2, 0) is 6.54 Å². The summed E-state index contributed by atoms with van der Waals surface area (Å²) in [5.41, 5.74) is 2.61. The van der Waals surface area contributed by atoms with Crippen molar-refractivity contribution >= 4 is 28.7 Å². The average molecular weight is 301 g/mol. The largest absolute Gasteiger partial charge is 0.497 e. The number of fused-ring (bicyclic) bond motifs is 1. The van der Waals surface area contributed by atoms with Crippen molar-refractivity contribution in [2.24, 2.45) is 0 Å². The molecule has 0 spiro atoms. The minimum Gasteiger partial charge on any atom is -0.497 e. The molecule has 0 amide bonds.